The average molecular weight is 229 g/mol. The molecule has 0 aromatic carbocycles. The molecule has 15 heavy (non-hydrogen) atoms. The smallest absolute Gasteiger partial charge is 0.226 e. The zero-order valence-electron chi connectivity index (χ0n) is 9.56. The molecule has 1 N–H and O–H groups in total. The van der Waals surface area contributed by atoms with E-state index in [2.05, 4.69) is 0 Å². The first-order chi connectivity index (χ1) is 6.91. The summed E-state index contributed by atoms with van der Waals surface area (Å²) in [6.07, 6.45) is 1.06. The van der Waals surface area contributed by atoms with Crippen LogP contribution in [0.4, 0.5) is 0 Å². The van der Waals surface area contributed by atoms with Crippen LogP contribution in [0.1, 0.15) is 33.6 Å². The van der Waals surface area contributed by atoms with Crippen LogP contribution in [-0.2, 0) is 4.79 Å². The zero-order chi connectivity index (χ0) is 11.2. The molecule has 0 aromatic heterocycles. The van der Waals surface area contributed by atoms with Gasteiger partial charge < -0.3 is 10.0 Å². The van der Waals surface area contributed by atoms with Gasteiger partial charge in [0.15, 0.2) is 0 Å². The van der Waals surface area contributed by atoms with Gasteiger partial charge in [0.05, 0.1) is 0 Å². The zero-order valence-corrected chi connectivity index (χ0v) is 10.4. The van der Waals surface area contributed by atoms with Crippen molar-refractivity contribution in [1.29, 1.82) is 0 Å². The second kappa shape index (κ2) is 3.67. The quantitative estimate of drug-likeness (QED) is 0.683. The number of hydrogen-bond donors (Lipinski definition) is 1. The number of rotatable bonds is 0. The highest BCUT2D eigenvalue weighted by atomic mass is 32.2. The Morgan fingerprint density at radius 1 is 1.47 bits per heavy atom. The van der Waals surface area contributed by atoms with Crippen molar-refractivity contribution >= 4 is 17.7 Å². The maximum absolute atomic E-state index is 11.9. The van der Waals surface area contributed by atoms with Crippen LogP contribution >= 0.6 is 11.8 Å². The molecule has 0 saturated carbocycles. The number of carbonyl (C=O) groups excluding carboxylic acids is 1. The van der Waals surface area contributed by atoms with Gasteiger partial charge in [-0.2, -0.15) is 11.8 Å². The van der Waals surface area contributed by atoms with Gasteiger partial charge in [-0.25, -0.2) is 0 Å². The minimum Gasteiger partial charge on any atom is -0.373 e. The topological polar surface area (TPSA) is 40.5 Å². The van der Waals surface area contributed by atoms with E-state index in [1.807, 2.05) is 32.5 Å². The van der Waals surface area contributed by atoms with Crippen molar-refractivity contribution in [2.75, 3.05) is 5.75 Å². The van der Waals surface area contributed by atoms with Gasteiger partial charge in [0, 0.05) is 23.1 Å². The molecule has 2 aliphatic heterocycles. The van der Waals surface area contributed by atoms with Crippen LogP contribution in [0.2, 0.25) is 0 Å². The van der Waals surface area contributed by atoms with Gasteiger partial charge in [0.25, 0.3) is 0 Å². The van der Waals surface area contributed by atoms with Gasteiger partial charge in [-0.3, -0.25) is 4.79 Å². The third-order valence-electron chi connectivity index (χ3n) is 3.28. The number of hydrogen-bond acceptors (Lipinski definition) is 3. The molecule has 2 rings (SSSR count). The lowest BCUT2D eigenvalue weighted by Crippen LogP contribution is -2.59. The Morgan fingerprint density at radius 3 is 2.73 bits per heavy atom. The van der Waals surface area contributed by atoms with Crippen LogP contribution in [-0.4, -0.2) is 38.7 Å². The van der Waals surface area contributed by atoms with Crippen molar-refractivity contribution in [2.45, 2.75) is 50.6 Å². The van der Waals surface area contributed by atoms with Crippen molar-refractivity contribution < 1.29 is 9.90 Å². The maximum atomic E-state index is 11.9. The summed E-state index contributed by atoms with van der Waals surface area (Å²) in [4.78, 5) is 13.6. The molecular formula is C11H19NO2S. The molecule has 0 aromatic rings. The number of aliphatic hydroxyl groups excluding tert-OH is 1. The summed E-state index contributed by atoms with van der Waals surface area (Å²) in [5.74, 6) is 1.47. The molecule has 0 spiro atoms. The lowest BCUT2D eigenvalue weighted by Gasteiger charge is -2.46. The van der Waals surface area contributed by atoms with Gasteiger partial charge in [-0.1, -0.05) is 0 Å². The number of amides is 1. The predicted molar refractivity (Wildman–Crippen MR) is 61.6 cm³/mol. The molecular weight excluding hydrogens is 210 g/mol. The Morgan fingerprint density at radius 2 is 2.13 bits per heavy atom. The van der Waals surface area contributed by atoms with Crippen molar-refractivity contribution in [3.8, 4) is 0 Å². The second-order valence-corrected chi connectivity index (χ2v) is 6.76. The Balaban J connectivity index is 2.22. The van der Waals surface area contributed by atoms with Crippen LogP contribution in [0, 0.1) is 5.92 Å². The first-order valence-corrected chi connectivity index (χ1v) is 6.58. The van der Waals surface area contributed by atoms with Gasteiger partial charge >= 0.3 is 0 Å². The summed E-state index contributed by atoms with van der Waals surface area (Å²) in [5.41, 5.74) is -0.269. The second-order valence-electron chi connectivity index (χ2n) is 5.41. The van der Waals surface area contributed by atoms with Gasteiger partial charge in [-0.15, -0.1) is 0 Å². The molecule has 3 unspecified atom stereocenters. The molecule has 4 heteroatoms. The largest absolute Gasteiger partial charge is 0.373 e. The summed E-state index contributed by atoms with van der Waals surface area (Å²) in [6, 6.07) is 0. The first kappa shape index (κ1) is 11.3. The number of nitrogens with zero attached hydrogens (tertiary/aromatic N) is 1. The van der Waals surface area contributed by atoms with E-state index in [1.165, 1.54) is 0 Å². The van der Waals surface area contributed by atoms with Crippen LogP contribution in [0.25, 0.3) is 0 Å². The minimum atomic E-state index is -0.578. The van der Waals surface area contributed by atoms with E-state index in [-0.39, 0.29) is 17.4 Å². The monoisotopic (exact) mass is 229 g/mol. The predicted octanol–water partition coefficient (Wildman–Crippen LogP) is 1.46. The SMILES string of the molecule is CC(C)(C)N1C(=O)CC2SCCC2C1O. The summed E-state index contributed by atoms with van der Waals surface area (Å²) in [5, 5.41) is 10.6. The van der Waals surface area contributed by atoms with Crippen molar-refractivity contribution in [2.24, 2.45) is 5.92 Å². The van der Waals surface area contributed by atoms with E-state index in [0.717, 1.165) is 12.2 Å². The highest BCUT2D eigenvalue weighted by Crippen LogP contribution is 2.42. The molecule has 2 fully saturated rings. The molecule has 0 aliphatic carbocycles. The molecule has 0 radical (unpaired) electrons. The number of thioether (sulfide) groups is 1. The lowest BCUT2D eigenvalue weighted by molar-refractivity contribution is -0.163. The summed E-state index contributed by atoms with van der Waals surface area (Å²) >= 11 is 1.84. The normalized spacial score (nSPS) is 36.9. The van der Waals surface area contributed by atoms with E-state index in [1.54, 1.807) is 4.90 Å². The average Bonchev–Trinajstić information content (AvgIpc) is 2.48. The fourth-order valence-corrected chi connectivity index (χ4v) is 4.09. The van der Waals surface area contributed by atoms with E-state index in [0.29, 0.717) is 11.7 Å². The third kappa shape index (κ3) is 1.89. The molecule has 1 amide bonds. The minimum absolute atomic E-state index is 0.102. The Labute approximate surface area is 95.2 Å². The highest BCUT2D eigenvalue weighted by Gasteiger charge is 2.47. The number of carbonyl (C=O) groups is 1. The summed E-state index contributed by atoms with van der Waals surface area (Å²) < 4.78 is 0. The van der Waals surface area contributed by atoms with Gasteiger partial charge in [0.2, 0.25) is 5.91 Å². The Hall–Kier alpha value is -0.220. The number of aliphatic hydroxyl groups is 1. The van der Waals surface area contributed by atoms with Crippen LogP contribution < -0.4 is 0 Å². The van der Waals surface area contributed by atoms with E-state index < -0.39 is 6.23 Å². The number of piperidine rings is 1. The molecule has 2 heterocycles. The first-order valence-electron chi connectivity index (χ1n) is 5.53. The molecule has 3 nitrogen and oxygen atoms in total. The van der Waals surface area contributed by atoms with Crippen LogP contribution in [0.15, 0.2) is 0 Å². The van der Waals surface area contributed by atoms with E-state index >= 15 is 0 Å². The molecule has 3 atom stereocenters. The van der Waals surface area contributed by atoms with Crippen molar-refractivity contribution in [3.63, 3.8) is 0 Å². The maximum Gasteiger partial charge on any atom is 0.226 e. The lowest BCUT2D eigenvalue weighted by atomic mass is 9.89. The summed E-state index contributed by atoms with van der Waals surface area (Å²) in [7, 11) is 0. The standard InChI is InChI=1S/C11H19NO2S/c1-11(2,3)12-9(13)6-8-7(10(12)14)4-5-15-8/h7-8,10,14H,4-6H2,1-3H3. The molecule has 86 valence electrons. The highest BCUT2D eigenvalue weighted by molar-refractivity contribution is 8.00. The molecule has 2 saturated heterocycles. The Kier molecular flexibility index (Phi) is 2.75. The molecule has 0 bridgehead atoms. The van der Waals surface area contributed by atoms with Crippen molar-refractivity contribution in [3.05, 3.63) is 0 Å². The van der Waals surface area contributed by atoms with Crippen LogP contribution in [0.5, 0.6) is 0 Å². The van der Waals surface area contributed by atoms with Gasteiger partial charge in [0.1, 0.15) is 6.23 Å². The Bertz CT molecular complexity index is 274. The van der Waals surface area contributed by atoms with E-state index in [9.17, 15) is 9.90 Å². The number of likely N-dealkylation sites (tertiary alicyclic amines) is 1. The van der Waals surface area contributed by atoms with Crippen LogP contribution in [0.3, 0.4) is 0 Å². The van der Waals surface area contributed by atoms with Gasteiger partial charge in [-0.05, 0) is 32.9 Å². The summed E-state index contributed by atoms with van der Waals surface area (Å²) in [6.45, 7) is 5.95. The fourth-order valence-electron chi connectivity index (χ4n) is 2.60. The fraction of sp³-hybridized carbons (Fsp3) is 0.909. The third-order valence-corrected chi connectivity index (χ3v) is 4.69. The number of fused-ring (bicyclic) bond motifs is 1. The van der Waals surface area contributed by atoms with Crippen molar-refractivity contribution in [1.82, 2.24) is 4.90 Å². The molecule has 2 aliphatic rings. The van der Waals surface area contributed by atoms with E-state index in [4.69, 9.17) is 0 Å².